The molecule has 0 spiro atoms. The number of rotatable bonds is 5. The molecular formula is C23H36IN5O3. The van der Waals surface area contributed by atoms with Crippen molar-refractivity contribution in [1.82, 2.24) is 15.1 Å². The highest BCUT2D eigenvalue weighted by Crippen LogP contribution is 2.26. The zero-order valence-electron chi connectivity index (χ0n) is 19.2. The first-order valence-corrected chi connectivity index (χ1v) is 11.4. The Kier molecular flexibility index (Phi) is 9.27. The molecule has 1 amide bonds. The summed E-state index contributed by atoms with van der Waals surface area (Å²) in [6.07, 6.45) is 2.78. The monoisotopic (exact) mass is 557 g/mol. The van der Waals surface area contributed by atoms with E-state index in [1.807, 2.05) is 24.1 Å². The Hall–Kier alpha value is -1.75. The summed E-state index contributed by atoms with van der Waals surface area (Å²) in [5.74, 6) is 2.56. The number of nitrogens with one attached hydrogen (secondary N) is 1. The predicted octanol–water partition coefficient (Wildman–Crippen LogP) is 2.04. The maximum absolute atomic E-state index is 12.6. The fourth-order valence-corrected chi connectivity index (χ4v) is 4.72. The highest BCUT2D eigenvalue weighted by Gasteiger charge is 2.31. The largest absolute Gasteiger partial charge is 0.497 e. The van der Waals surface area contributed by atoms with Gasteiger partial charge in [-0.05, 0) is 37.3 Å². The molecule has 2 unspecified atom stereocenters. The van der Waals surface area contributed by atoms with Crippen molar-refractivity contribution >= 4 is 41.5 Å². The molecule has 4 rings (SSSR count). The number of ether oxygens (including phenoxy) is 2. The van der Waals surface area contributed by atoms with Gasteiger partial charge >= 0.3 is 0 Å². The van der Waals surface area contributed by atoms with Crippen LogP contribution in [0.3, 0.4) is 0 Å². The Morgan fingerprint density at radius 3 is 2.66 bits per heavy atom. The number of anilines is 1. The van der Waals surface area contributed by atoms with Crippen LogP contribution in [0.2, 0.25) is 0 Å². The number of hydrogen-bond donors (Lipinski definition) is 1. The van der Waals surface area contributed by atoms with Crippen LogP contribution < -0.4 is 15.0 Å². The van der Waals surface area contributed by atoms with Crippen molar-refractivity contribution < 1.29 is 14.3 Å². The quantitative estimate of drug-likeness (QED) is 0.340. The van der Waals surface area contributed by atoms with Gasteiger partial charge in [-0.2, -0.15) is 0 Å². The SMILES string of the molecule is CN=C(NCC1CCN(c2cccc(OC)c2)C1)N1CCN(C(=O)C2CCCO2)CC1.I. The average Bonchev–Trinajstić information content (AvgIpc) is 3.52. The summed E-state index contributed by atoms with van der Waals surface area (Å²) in [6, 6.07) is 8.28. The van der Waals surface area contributed by atoms with E-state index in [-0.39, 0.29) is 36.0 Å². The number of carbonyl (C=O) groups is 1. The summed E-state index contributed by atoms with van der Waals surface area (Å²) in [5.41, 5.74) is 1.22. The molecule has 0 aliphatic carbocycles. The van der Waals surface area contributed by atoms with Crippen LogP contribution in [0.25, 0.3) is 0 Å². The lowest BCUT2D eigenvalue weighted by atomic mass is 10.1. The van der Waals surface area contributed by atoms with E-state index in [1.165, 1.54) is 5.69 Å². The molecule has 3 fully saturated rings. The number of halogens is 1. The average molecular weight is 557 g/mol. The first-order chi connectivity index (χ1) is 15.2. The van der Waals surface area contributed by atoms with Crippen molar-refractivity contribution in [2.75, 3.05) is 71.5 Å². The summed E-state index contributed by atoms with van der Waals surface area (Å²) in [7, 11) is 3.54. The molecule has 1 N–H and O–H groups in total. The third-order valence-corrected chi connectivity index (χ3v) is 6.56. The second kappa shape index (κ2) is 11.9. The highest BCUT2D eigenvalue weighted by molar-refractivity contribution is 14.0. The van der Waals surface area contributed by atoms with Crippen molar-refractivity contribution in [3.8, 4) is 5.75 Å². The maximum Gasteiger partial charge on any atom is 0.251 e. The molecule has 1 aromatic carbocycles. The molecule has 3 aliphatic heterocycles. The maximum atomic E-state index is 12.6. The molecular weight excluding hydrogens is 521 g/mol. The van der Waals surface area contributed by atoms with Gasteiger partial charge in [0.2, 0.25) is 0 Å². The molecule has 0 aromatic heterocycles. The number of piperazine rings is 1. The van der Waals surface area contributed by atoms with E-state index >= 15 is 0 Å². The molecule has 3 aliphatic rings. The molecule has 8 nitrogen and oxygen atoms in total. The Morgan fingerprint density at radius 2 is 1.97 bits per heavy atom. The number of carbonyl (C=O) groups excluding carboxylic acids is 1. The molecule has 1 aromatic rings. The Morgan fingerprint density at radius 1 is 1.19 bits per heavy atom. The second-order valence-corrected chi connectivity index (χ2v) is 8.54. The van der Waals surface area contributed by atoms with Crippen molar-refractivity contribution in [1.29, 1.82) is 0 Å². The number of guanidine groups is 1. The fourth-order valence-electron chi connectivity index (χ4n) is 4.72. The molecule has 32 heavy (non-hydrogen) atoms. The summed E-state index contributed by atoms with van der Waals surface area (Å²) in [4.78, 5) is 23.7. The zero-order valence-corrected chi connectivity index (χ0v) is 21.5. The first-order valence-electron chi connectivity index (χ1n) is 11.4. The Labute approximate surface area is 208 Å². The molecule has 3 heterocycles. The van der Waals surface area contributed by atoms with E-state index in [0.717, 1.165) is 76.8 Å². The third kappa shape index (κ3) is 5.98. The van der Waals surface area contributed by atoms with Crippen LogP contribution in [0.15, 0.2) is 29.3 Å². The standard InChI is InChI=1S/C23H35N5O3.HI/c1-24-23(27-12-10-26(11-13-27)22(29)21-7-4-14-31-21)25-16-18-8-9-28(17-18)19-5-3-6-20(15-19)30-2;/h3,5-6,15,18,21H,4,7-14,16-17H2,1-2H3,(H,24,25);1H. The van der Waals surface area contributed by atoms with E-state index in [1.54, 1.807) is 7.11 Å². The van der Waals surface area contributed by atoms with E-state index in [2.05, 4.69) is 32.2 Å². The van der Waals surface area contributed by atoms with Gasteiger partial charge in [-0.1, -0.05) is 6.07 Å². The minimum atomic E-state index is -0.223. The number of nitrogens with zero attached hydrogens (tertiary/aromatic N) is 4. The Bertz CT molecular complexity index is 779. The van der Waals surface area contributed by atoms with Crippen molar-refractivity contribution in [3.63, 3.8) is 0 Å². The van der Waals surface area contributed by atoms with Crippen molar-refractivity contribution in [3.05, 3.63) is 24.3 Å². The van der Waals surface area contributed by atoms with E-state index in [0.29, 0.717) is 12.5 Å². The van der Waals surface area contributed by atoms with Crippen LogP contribution >= 0.6 is 24.0 Å². The Balaban J connectivity index is 0.00000289. The molecule has 178 valence electrons. The van der Waals surface area contributed by atoms with Crippen LogP contribution in [0.5, 0.6) is 5.75 Å². The van der Waals surface area contributed by atoms with Crippen LogP contribution in [0, 0.1) is 5.92 Å². The number of hydrogen-bond acceptors (Lipinski definition) is 5. The number of amides is 1. The fraction of sp³-hybridized carbons (Fsp3) is 0.652. The smallest absolute Gasteiger partial charge is 0.251 e. The molecule has 3 saturated heterocycles. The van der Waals surface area contributed by atoms with Gasteiger partial charge in [0, 0.05) is 71.2 Å². The van der Waals surface area contributed by atoms with Crippen LogP contribution in [-0.4, -0.2) is 94.3 Å². The van der Waals surface area contributed by atoms with Crippen LogP contribution in [0.4, 0.5) is 5.69 Å². The normalized spacial score (nSPS) is 23.8. The van der Waals surface area contributed by atoms with Crippen LogP contribution in [-0.2, 0) is 9.53 Å². The van der Waals surface area contributed by atoms with Gasteiger partial charge in [-0.15, -0.1) is 24.0 Å². The zero-order chi connectivity index (χ0) is 21.6. The lowest BCUT2D eigenvalue weighted by molar-refractivity contribution is -0.142. The summed E-state index contributed by atoms with van der Waals surface area (Å²) in [5, 5.41) is 3.57. The molecule has 0 radical (unpaired) electrons. The minimum absolute atomic E-state index is 0. The van der Waals surface area contributed by atoms with Gasteiger partial charge in [-0.3, -0.25) is 9.79 Å². The minimum Gasteiger partial charge on any atom is -0.497 e. The van der Waals surface area contributed by atoms with E-state index in [9.17, 15) is 4.79 Å². The molecule has 9 heteroatoms. The van der Waals surface area contributed by atoms with Crippen molar-refractivity contribution in [2.24, 2.45) is 10.9 Å². The number of methoxy groups -OCH3 is 1. The van der Waals surface area contributed by atoms with Gasteiger partial charge < -0.3 is 29.5 Å². The third-order valence-electron chi connectivity index (χ3n) is 6.56. The number of aliphatic imine (C=N–C) groups is 1. The topological polar surface area (TPSA) is 69.6 Å². The van der Waals surface area contributed by atoms with Gasteiger partial charge in [0.15, 0.2) is 5.96 Å². The summed E-state index contributed by atoms with van der Waals surface area (Å²) in [6.45, 7) is 6.77. The lowest BCUT2D eigenvalue weighted by Gasteiger charge is -2.37. The summed E-state index contributed by atoms with van der Waals surface area (Å²) >= 11 is 0. The molecule has 0 bridgehead atoms. The van der Waals surface area contributed by atoms with Crippen molar-refractivity contribution in [2.45, 2.75) is 25.4 Å². The first kappa shape index (κ1) is 24.9. The molecule has 2 atom stereocenters. The van der Waals surface area contributed by atoms with E-state index < -0.39 is 0 Å². The highest BCUT2D eigenvalue weighted by atomic mass is 127. The van der Waals surface area contributed by atoms with Gasteiger partial charge in [0.25, 0.3) is 5.91 Å². The van der Waals surface area contributed by atoms with Gasteiger partial charge in [0.1, 0.15) is 11.9 Å². The predicted molar refractivity (Wildman–Crippen MR) is 137 cm³/mol. The molecule has 0 saturated carbocycles. The van der Waals surface area contributed by atoms with Crippen LogP contribution in [0.1, 0.15) is 19.3 Å². The lowest BCUT2D eigenvalue weighted by Crippen LogP contribution is -2.55. The number of benzene rings is 1. The van der Waals surface area contributed by atoms with E-state index in [4.69, 9.17) is 9.47 Å². The van der Waals surface area contributed by atoms with Gasteiger partial charge in [-0.25, -0.2) is 0 Å². The second-order valence-electron chi connectivity index (χ2n) is 8.54. The van der Waals surface area contributed by atoms with Gasteiger partial charge in [0.05, 0.1) is 7.11 Å². The summed E-state index contributed by atoms with van der Waals surface area (Å²) < 4.78 is 10.9.